The second-order valence-electron chi connectivity index (χ2n) is 12.0. The van der Waals surface area contributed by atoms with Gasteiger partial charge in [-0.15, -0.1) is 0 Å². The Morgan fingerprint density at radius 3 is 2.53 bits per heavy atom. The molecule has 3 aromatic carbocycles. The maximum atomic E-state index is 13.7. The first-order chi connectivity index (χ1) is 21.1. The highest BCUT2D eigenvalue weighted by atomic mass is 35.5. The predicted molar refractivity (Wildman–Crippen MR) is 171 cm³/mol. The molecule has 0 fully saturated rings. The molecule has 4 aromatic rings. The number of esters is 1. The highest BCUT2D eigenvalue weighted by Gasteiger charge is 2.32. The van der Waals surface area contributed by atoms with Crippen LogP contribution >= 0.6 is 23.2 Å². The third-order valence-corrected chi connectivity index (χ3v) is 9.21. The van der Waals surface area contributed by atoms with Crippen LogP contribution < -0.4 is 5.32 Å². The van der Waals surface area contributed by atoms with Gasteiger partial charge < -0.3 is 19.4 Å². The predicted octanol–water partition coefficient (Wildman–Crippen LogP) is 6.02. The average molecular weight is 672 g/mol. The quantitative estimate of drug-likeness (QED) is 0.238. The molecule has 2 amide bonds. The molecule has 1 aromatic heterocycles. The third kappa shape index (κ3) is 7.35. The summed E-state index contributed by atoms with van der Waals surface area (Å²) in [6.07, 6.45) is 3.01. The number of amides is 2. The third-order valence-electron chi connectivity index (χ3n) is 7.39. The number of rotatable bonds is 7. The van der Waals surface area contributed by atoms with Gasteiger partial charge in [0.1, 0.15) is 17.2 Å². The topological polar surface area (TPSA) is 123 Å². The summed E-state index contributed by atoms with van der Waals surface area (Å²) in [7, 11) is -3.50. The normalized spacial score (nSPS) is 14.1. The van der Waals surface area contributed by atoms with Crippen LogP contribution in [0, 0.1) is 0 Å². The molecule has 1 aliphatic heterocycles. The summed E-state index contributed by atoms with van der Waals surface area (Å²) in [5.74, 6) is -1.56. The molecule has 2 heterocycles. The molecule has 236 valence electrons. The molecule has 1 N–H and O–H groups in total. The Balaban J connectivity index is 1.39. The molecule has 0 unspecified atom stereocenters. The van der Waals surface area contributed by atoms with Crippen molar-refractivity contribution < 1.29 is 32.0 Å². The van der Waals surface area contributed by atoms with Crippen LogP contribution in [0.4, 0.5) is 0 Å². The van der Waals surface area contributed by atoms with E-state index in [9.17, 15) is 22.8 Å². The number of nitrogens with zero attached hydrogens (tertiary/aromatic N) is 1. The van der Waals surface area contributed by atoms with Crippen LogP contribution in [0.25, 0.3) is 11.0 Å². The van der Waals surface area contributed by atoms with Gasteiger partial charge in [0.25, 0.3) is 11.8 Å². The monoisotopic (exact) mass is 670 g/mol. The molecule has 12 heteroatoms. The lowest BCUT2D eigenvalue weighted by Gasteiger charge is -2.30. The Morgan fingerprint density at radius 1 is 1.07 bits per heavy atom. The molecular weight excluding hydrogens is 639 g/mol. The molecule has 0 bridgehead atoms. The first kappa shape index (κ1) is 32.5. The van der Waals surface area contributed by atoms with Crippen LogP contribution in [0.1, 0.15) is 58.2 Å². The molecule has 0 radical (unpaired) electrons. The van der Waals surface area contributed by atoms with Gasteiger partial charge in [0.05, 0.1) is 26.8 Å². The van der Waals surface area contributed by atoms with E-state index >= 15 is 0 Å². The van der Waals surface area contributed by atoms with Crippen LogP contribution in [0.2, 0.25) is 10.0 Å². The number of benzene rings is 3. The van der Waals surface area contributed by atoms with Crippen LogP contribution in [0.15, 0.2) is 70.2 Å². The molecule has 5 rings (SSSR count). The van der Waals surface area contributed by atoms with Gasteiger partial charge in [-0.05, 0) is 80.3 Å². The molecule has 1 aliphatic rings. The number of ether oxygens (including phenoxy) is 1. The van der Waals surface area contributed by atoms with E-state index in [1.54, 1.807) is 62.3 Å². The molecule has 0 aliphatic carbocycles. The zero-order chi connectivity index (χ0) is 32.7. The van der Waals surface area contributed by atoms with Gasteiger partial charge >= 0.3 is 5.97 Å². The van der Waals surface area contributed by atoms with Gasteiger partial charge in [-0.25, -0.2) is 13.2 Å². The minimum atomic E-state index is -3.50. The van der Waals surface area contributed by atoms with Gasteiger partial charge in [-0.2, -0.15) is 0 Å². The lowest BCUT2D eigenvalue weighted by atomic mass is 9.95. The second-order valence-corrected chi connectivity index (χ2v) is 14.8. The largest absolute Gasteiger partial charge is 0.464 e. The summed E-state index contributed by atoms with van der Waals surface area (Å²) >= 11 is 13.4. The summed E-state index contributed by atoms with van der Waals surface area (Å²) in [6, 6.07) is 13.7. The van der Waals surface area contributed by atoms with Crippen LogP contribution in [0.5, 0.6) is 0 Å². The number of hydrogen-bond donors (Lipinski definition) is 1. The summed E-state index contributed by atoms with van der Waals surface area (Å²) < 4.78 is 35.2. The Morgan fingerprint density at radius 2 is 1.82 bits per heavy atom. The Hall–Kier alpha value is -3.86. The zero-order valence-electron chi connectivity index (χ0n) is 25.1. The fourth-order valence-corrected chi connectivity index (χ4v) is 6.69. The SMILES string of the molecule is CC(C)(C)OC(=O)[C@H](Cc1cccc(S(C)(=O)=O)c1)NC(=O)c1c(Cl)cc2c(c1Cl)CCN(C(=O)c1ccc3ccoc3c1)C2. The van der Waals surface area contributed by atoms with E-state index in [2.05, 4.69) is 5.32 Å². The highest BCUT2D eigenvalue weighted by molar-refractivity contribution is 7.90. The summed E-state index contributed by atoms with van der Waals surface area (Å²) in [4.78, 5) is 42.0. The second kappa shape index (κ2) is 12.5. The standard InChI is InChI=1S/C33H32Cl2N2O7S/c1-33(2,3)44-32(40)26(15-19-6-5-7-23(14-19)45(4,41)42)36-30(38)28-25(34)16-22-18-37(12-10-24(22)29(28)35)31(39)21-9-8-20-11-13-43-27(20)17-21/h5-9,11,13-14,16-17,26H,10,12,15,18H2,1-4H3,(H,36,38)/t26-/m0/s1. The number of halogens is 2. The lowest BCUT2D eigenvalue weighted by molar-refractivity contribution is -0.157. The minimum absolute atomic E-state index is 0.00132. The Kier molecular flexibility index (Phi) is 9.04. The molecular formula is C33H32Cl2N2O7S. The van der Waals surface area contributed by atoms with E-state index < -0.39 is 33.4 Å². The molecule has 0 spiro atoms. The maximum absolute atomic E-state index is 13.7. The zero-order valence-corrected chi connectivity index (χ0v) is 27.5. The van der Waals surface area contributed by atoms with E-state index in [1.807, 2.05) is 12.1 Å². The lowest BCUT2D eigenvalue weighted by Crippen LogP contribution is -2.45. The minimum Gasteiger partial charge on any atom is -0.464 e. The van der Waals surface area contributed by atoms with Crippen molar-refractivity contribution in [3.8, 4) is 0 Å². The van der Waals surface area contributed by atoms with Crippen molar-refractivity contribution in [2.45, 2.75) is 56.7 Å². The van der Waals surface area contributed by atoms with E-state index in [0.717, 1.165) is 11.6 Å². The van der Waals surface area contributed by atoms with E-state index in [1.165, 1.54) is 12.1 Å². The van der Waals surface area contributed by atoms with E-state index in [4.69, 9.17) is 32.4 Å². The molecule has 0 saturated carbocycles. The van der Waals surface area contributed by atoms with Gasteiger partial charge in [0.2, 0.25) is 0 Å². The van der Waals surface area contributed by atoms with Gasteiger partial charge in [0, 0.05) is 36.7 Å². The van der Waals surface area contributed by atoms with Crippen LogP contribution in [-0.2, 0) is 38.8 Å². The van der Waals surface area contributed by atoms with Crippen molar-refractivity contribution in [3.63, 3.8) is 0 Å². The van der Waals surface area contributed by atoms with Crippen LogP contribution in [0.3, 0.4) is 0 Å². The van der Waals surface area contributed by atoms with Gasteiger partial charge in [-0.1, -0.05) is 41.4 Å². The molecule has 0 saturated heterocycles. The van der Waals surface area contributed by atoms with E-state index in [-0.39, 0.29) is 39.4 Å². The summed E-state index contributed by atoms with van der Waals surface area (Å²) in [5, 5.41) is 3.81. The number of carbonyl (C=O) groups is 3. The first-order valence-electron chi connectivity index (χ1n) is 14.2. The highest BCUT2D eigenvalue weighted by Crippen LogP contribution is 2.35. The van der Waals surface area contributed by atoms with Crippen molar-refractivity contribution in [1.29, 1.82) is 0 Å². The van der Waals surface area contributed by atoms with Gasteiger partial charge in [-0.3, -0.25) is 9.59 Å². The van der Waals surface area contributed by atoms with Crippen molar-refractivity contribution in [1.82, 2.24) is 10.2 Å². The smallest absolute Gasteiger partial charge is 0.329 e. The van der Waals surface area contributed by atoms with Crippen LogP contribution in [-0.4, -0.2) is 55.5 Å². The fourth-order valence-electron chi connectivity index (χ4n) is 5.24. The fraction of sp³-hybridized carbons (Fsp3) is 0.303. The first-order valence-corrected chi connectivity index (χ1v) is 16.8. The molecule has 45 heavy (non-hydrogen) atoms. The summed E-state index contributed by atoms with van der Waals surface area (Å²) in [6.45, 7) is 5.71. The number of hydrogen-bond acceptors (Lipinski definition) is 7. The Bertz CT molecular complexity index is 1930. The number of furan rings is 1. The number of nitrogens with one attached hydrogen (secondary N) is 1. The Labute approximate surface area is 271 Å². The van der Waals surface area contributed by atoms with E-state index in [0.29, 0.717) is 40.8 Å². The molecule has 1 atom stereocenters. The summed E-state index contributed by atoms with van der Waals surface area (Å²) in [5.41, 5.74) is 2.17. The van der Waals surface area contributed by atoms with Gasteiger partial charge in [0.15, 0.2) is 9.84 Å². The van der Waals surface area contributed by atoms with Crippen molar-refractivity contribution in [2.75, 3.05) is 12.8 Å². The van der Waals surface area contributed by atoms with Crippen molar-refractivity contribution in [3.05, 3.63) is 98.7 Å². The number of sulfone groups is 1. The number of fused-ring (bicyclic) bond motifs is 2. The number of carbonyl (C=O) groups excluding carboxylic acids is 3. The average Bonchev–Trinajstić information content (AvgIpc) is 3.43. The van der Waals surface area contributed by atoms with Crippen molar-refractivity contribution in [2.24, 2.45) is 0 Å². The maximum Gasteiger partial charge on any atom is 0.329 e. The van der Waals surface area contributed by atoms with Crippen molar-refractivity contribution >= 4 is 61.8 Å². The molecule has 9 nitrogen and oxygen atoms in total.